The zero-order chi connectivity index (χ0) is 43.6. The number of nitrogens with one attached hydrogen (secondary N) is 1. The number of carbonyl (C=O) groups is 1. The van der Waals surface area contributed by atoms with E-state index in [1.807, 2.05) is 27.2 Å². The summed E-state index contributed by atoms with van der Waals surface area (Å²) < 4.78 is 23.6. The van der Waals surface area contributed by atoms with Crippen LogP contribution in [0.25, 0.3) is 0 Å². The van der Waals surface area contributed by atoms with Gasteiger partial charge in [-0.05, 0) is 32.1 Å². The number of rotatable bonds is 46. The van der Waals surface area contributed by atoms with E-state index in [0.29, 0.717) is 17.4 Å². The van der Waals surface area contributed by atoms with Crippen LogP contribution in [0.3, 0.4) is 0 Å². The number of phosphoric ester groups is 1. The van der Waals surface area contributed by atoms with Gasteiger partial charge in [-0.15, -0.1) is 0 Å². The first-order valence-electron chi connectivity index (χ1n) is 25.2. The van der Waals surface area contributed by atoms with Crippen LogP contribution in [0.2, 0.25) is 0 Å². The predicted octanol–water partition coefficient (Wildman–Crippen LogP) is 14.5. The van der Waals surface area contributed by atoms with Crippen molar-refractivity contribution in [2.45, 2.75) is 251 Å². The Morgan fingerprint density at radius 3 is 1.36 bits per heavy atom. The minimum absolute atomic E-state index is 0.0585. The van der Waals surface area contributed by atoms with Gasteiger partial charge < -0.3 is 19.8 Å². The molecule has 0 aromatic carbocycles. The highest BCUT2D eigenvalue weighted by Crippen LogP contribution is 2.43. The summed E-state index contributed by atoms with van der Waals surface area (Å²) in [5.74, 6) is -0.183. The van der Waals surface area contributed by atoms with Gasteiger partial charge in [-0.2, -0.15) is 0 Å². The summed E-state index contributed by atoms with van der Waals surface area (Å²) in [7, 11) is 1.56. The third-order valence-electron chi connectivity index (χ3n) is 11.4. The topological polar surface area (TPSA) is 105 Å². The first kappa shape index (κ1) is 58.0. The second-order valence-corrected chi connectivity index (χ2v) is 20.0. The Kier molecular flexibility index (Phi) is 41.6. The lowest BCUT2D eigenvalue weighted by molar-refractivity contribution is -0.870. The molecule has 3 N–H and O–H groups in total. The maximum absolute atomic E-state index is 12.9. The summed E-state index contributed by atoms with van der Waals surface area (Å²) in [6, 6.07) is -0.858. The normalized spacial score (nSPS) is 14.4. The molecule has 8 nitrogen and oxygen atoms in total. The van der Waals surface area contributed by atoms with Crippen LogP contribution in [0.4, 0.5) is 0 Å². The first-order valence-corrected chi connectivity index (χ1v) is 26.7. The zero-order valence-electron chi connectivity index (χ0n) is 39.8. The number of hydrogen-bond donors (Lipinski definition) is 3. The molecular formula is C50H100N2O6P+. The average molecular weight is 856 g/mol. The summed E-state index contributed by atoms with van der Waals surface area (Å²) in [5.41, 5.74) is 0. The van der Waals surface area contributed by atoms with Gasteiger partial charge in [0.1, 0.15) is 13.2 Å². The molecule has 0 spiro atoms. The van der Waals surface area contributed by atoms with Gasteiger partial charge in [-0.1, -0.05) is 224 Å². The average Bonchev–Trinajstić information content (AvgIpc) is 3.19. The quantitative estimate of drug-likeness (QED) is 0.0244. The highest BCUT2D eigenvalue weighted by Gasteiger charge is 2.27. The lowest BCUT2D eigenvalue weighted by atomic mass is 10.0. The Balaban J connectivity index is 4.31. The Labute approximate surface area is 366 Å². The molecule has 0 aromatic rings. The lowest BCUT2D eigenvalue weighted by Crippen LogP contribution is -2.45. The van der Waals surface area contributed by atoms with Gasteiger partial charge in [0.15, 0.2) is 0 Å². The van der Waals surface area contributed by atoms with E-state index in [-0.39, 0.29) is 19.1 Å². The number of allylic oxidation sites excluding steroid dienone is 3. The summed E-state index contributed by atoms with van der Waals surface area (Å²) in [6.45, 7) is 4.82. The predicted molar refractivity (Wildman–Crippen MR) is 254 cm³/mol. The fraction of sp³-hybridized carbons (Fsp3) is 0.900. The van der Waals surface area contributed by atoms with Crippen molar-refractivity contribution < 1.29 is 32.9 Å². The number of quaternary nitrogens is 1. The molecule has 0 rings (SSSR count). The Hall–Kier alpha value is -1.02. The van der Waals surface area contributed by atoms with E-state index in [2.05, 4.69) is 31.3 Å². The fourth-order valence-corrected chi connectivity index (χ4v) is 8.15. The van der Waals surface area contributed by atoms with Gasteiger partial charge in [-0.3, -0.25) is 13.8 Å². The number of nitrogens with zero attached hydrogens (tertiary/aromatic N) is 1. The largest absolute Gasteiger partial charge is 0.472 e. The number of amides is 1. The van der Waals surface area contributed by atoms with Crippen LogP contribution < -0.4 is 5.32 Å². The van der Waals surface area contributed by atoms with E-state index >= 15 is 0 Å². The van der Waals surface area contributed by atoms with E-state index in [1.165, 1.54) is 180 Å². The molecule has 0 heterocycles. The number of unbranched alkanes of at least 4 members (excludes halogenated alkanes) is 31. The maximum atomic E-state index is 12.9. The van der Waals surface area contributed by atoms with Crippen molar-refractivity contribution in [3.63, 3.8) is 0 Å². The number of aliphatic hydroxyl groups is 1. The minimum atomic E-state index is -4.34. The maximum Gasteiger partial charge on any atom is 0.472 e. The second-order valence-electron chi connectivity index (χ2n) is 18.5. The number of aliphatic hydroxyl groups excluding tert-OH is 1. The molecule has 0 aliphatic rings. The van der Waals surface area contributed by atoms with Crippen molar-refractivity contribution in [2.24, 2.45) is 0 Å². The van der Waals surface area contributed by atoms with E-state index in [9.17, 15) is 19.4 Å². The molecule has 0 aliphatic carbocycles. The summed E-state index contributed by atoms with van der Waals surface area (Å²) >= 11 is 0. The molecule has 0 saturated carbocycles. The first-order chi connectivity index (χ1) is 28.5. The van der Waals surface area contributed by atoms with Crippen molar-refractivity contribution >= 4 is 13.7 Å². The number of carbonyl (C=O) groups excluding carboxylic acids is 1. The van der Waals surface area contributed by atoms with E-state index < -0.39 is 20.0 Å². The highest BCUT2D eigenvalue weighted by molar-refractivity contribution is 7.47. The molecule has 0 aromatic heterocycles. The third kappa shape index (κ3) is 44.8. The Morgan fingerprint density at radius 1 is 0.559 bits per heavy atom. The van der Waals surface area contributed by atoms with Crippen molar-refractivity contribution in [2.75, 3.05) is 40.9 Å². The zero-order valence-corrected chi connectivity index (χ0v) is 40.7. The fourth-order valence-electron chi connectivity index (χ4n) is 7.41. The molecular weight excluding hydrogens is 756 g/mol. The summed E-state index contributed by atoms with van der Waals surface area (Å²) in [6.07, 6.45) is 51.2. The summed E-state index contributed by atoms with van der Waals surface area (Å²) in [5, 5.41) is 13.9. The van der Waals surface area contributed by atoms with Crippen molar-refractivity contribution in [1.29, 1.82) is 0 Å². The van der Waals surface area contributed by atoms with E-state index in [1.54, 1.807) is 6.08 Å². The number of hydrogen-bond acceptors (Lipinski definition) is 5. The molecule has 1 unspecified atom stereocenters. The van der Waals surface area contributed by atoms with Crippen molar-refractivity contribution in [3.8, 4) is 0 Å². The molecule has 0 bridgehead atoms. The van der Waals surface area contributed by atoms with Crippen LogP contribution in [0.1, 0.15) is 239 Å². The number of likely N-dealkylation sites (N-methyl/N-ethyl adjacent to an activating group) is 1. The van der Waals surface area contributed by atoms with Crippen LogP contribution in [-0.4, -0.2) is 73.4 Å². The molecule has 59 heavy (non-hydrogen) atoms. The van der Waals surface area contributed by atoms with Crippen LogP contribution >= 0.6 is 7.82 Å². The summed E-state index contributed by atoms with van der Waals surface area (Å²) in [4.78, 5) is 23.2. The van der Waals surface area contributed by atoms with Crippen LogP contribution in [-0.2, 0) is 18.4 Å². The molecule has 9 heteroatoms. The molecule has 350 valence electrons. The SMILES string of the molecule is CCCCCCCCCCCC/C=C/CC/C=C/[C@@H](O)[C@H](COP(=O)(O)OCC[N+](C)(C)C)NC(=O)CCCCCCCCCCCCCCCCCCCCCCC. The standard InChI is InChI=1S/C50H99N2O6P/c1-6-8-10-12-14-16-18-20-22-24-25-26-27-28-30-32-34-36-38-40-42-44-50(54)51-48(47-58-59(55,56)57-46-45-52(3,4)5)49(53)43-41-39-37-35-33-31-29-23-21-19-17-15-13-11-9-7-2/h33,35,41,43,48-49,53H,6-32,34,36-40,42,44-47H2,1-5H3,(H-,51,54,55,56)/p+1/b35-33+,43-41+/t48-,49+/m0/s1. The molecule has 3 atom stereocenters. The van der Waals surface area contributed by atoms with E-state index in [4.69, 9.17) is 9.05 Å². The minimum Gasteiger partial charge on any atom is -0.387 e. The van der Waals surface area contributed by atoms with Crippen molar-refractivity contribution in [3.05, 3.63) is 24.3 Å². The van der Waals surface area contributed by atoms with Gasteiger partial charge in [-0.25, -0.2) is 4.57 Å². The van der Waals surface area contributed by atoms with Gasteiger partial charge in [0, 0.05) is 6.42 Å². The van der Waals surface area contributed by atoms with Gasteiger partial charge in [0.05, 0.1) is 39.9 Å². The molecule has 1 amide bonds. The molecule has 0 fully saturated rings. The van der Waals surface area contributed by atoms with Gasteiger partial charge in [0.25, 0.3) is 0 Å². The highest BCUT2D eigenvalue weighted by atomic mass is 31.2. The Bertz CT molecular complexity index is 1020. The van der Waals surface area contributed by atoms with Crippen molar-refractivity contribution in [1.82, 2.24) is 5.32 Å². The monoisotopic (exact) mass is 856 g/mol. The lowest BCUT2D eigenvalue weighted by Gasteiger charge is -2.25. The van der Waals surface area contributed by atoms with Crippen LogP contribution in [0.15, 0.2) is 24.3 Å². The van der Waals surface area contributed by atoms with E-state index in [0.717, 1.165) is 38.5 Å². The molecule has 0 aliphatic heterocycles. The van der Waals surface area contributed by atoms with Gasteiger partial charge >= 0.3 is 7.82 Å². The Morgan fingerprint density at radius 2 is 0.932 bits per heavy atom. The molecule has 0 saturated heterocycles. The van der Waals surface area contributed by atoms with Gasteiger partial charge in [0.2, 0.25) is 5.91 Å². The second kappa shape index (κ2) is 42.3. The third-order valence-corrected chi connectivity index (χ3v) is 12.4. The smallest absolute Gasteiger partial charge is 0.387 e. The number of phosphoric acid groups is 1. The van der Waals surface area contributed by atoms with Crippen LogP contribution in [0, 0.1) is 0 Å². The molecule has 0 radical (unpaired) electrons. The van der Waals surface area contributed by atoms with Crippen LogP contribution in [0.5, 0.6) is 0 Å².